The molecule has 0 saturated carbocycles. The SMILES string of the molecule is CCOC(=O)CSc1ccc(Cc2cccnc2)cc1. The molecule has 0 fully saturated rings. The van der Waals surface area contributed by atoms with Gasteiger partial charge in [-0.1, -0.05) is 18.2 Å². The molecule has 104 valence electrons. The molecule has 1 aromatic heterocycles. The van der Waals surface area contributed by atoms with Crippen molar-refractivity contribution in [3.8, 4) is 0 Å². The molecule has 4 heteroatoms. The van der Waals surface area contributed by atoms with Gasteiger partial charge in [0.15, 0.2) is 0 Å². The van der Waals surface area contributed by atoms with Gasteiger partial charge in [0, 0.05) is 17.3 Å². The summed E-state index contributed by atoms with van der Waals surface area (Å²) in [6, 6.07) is 12.3. The smallest absolute Gasteiger partial charge is 0.316 e. The van der Waals surface area contributed by atoms with Gasteiger partial charge in [0.05, 0.1) is 12.4 Å². The van der Waals surface area contributed by atoms with Crippen LogP contribution in [0.15, 0.2) is 53.7 Å². The lowest BCUT2D eigenvalue weighted by Crippen LogP contribution is -2.06. The molecule has 1 aromatic carbocycles. The van der Waals surface area contributed by atoms with Gasteiger partial charge in [-0.15, -0.1) is 11.8 Å². The van der Waals surface area contributed by atoms with Gasteiger partial charge < -0.3 is 4.74 Å². The Morgan fingerprint density at radius 1 is 1.20 bits per heavy atom. The normalized spacial score (nSPS) is 10.2. The Morgan fingerprint density at radius 2 is 2.00 bits per heavy atom. The van der Waals surface area contributed by atoms with Gasteiger partial charge in [-0.25, -0.2) is 0 Å². The first-order valence-electron chi connectivity index (χ1n) is 6.54. The van der Waals surface area contributed by atoms with Crippen molar-refractivity contribution >= 4 is 17.7 Å². The summed E-state index contributed by atoms with van der Waals surface area (Å²) in [5.74, 6) is 0.187. The molecule has 2 aromatic rings. The van der Waals surface area contributed by atoms with Crippen LogP contribution in [0, 0.1) is 0 Å². The number of rotatable bonds is 6. The molecule has 0 N–H and O–H groups in total. The summed E-state index contributed by atoms with van der Waals surface area (Å²) >= 11 is 1.50. The van der Waals surface area contributed by atoms with Crippen molar-refractivity contribution in [2.24, 2.45) is 0 Å². The maximum Gasteiger partial charge on any atom is 0.316 e. The van der Waals surface area contributed by atoms with Crippen LogP contribution in [0.3, 0.4) is 0 Å². The molecule has 0 aliphatic rings. The van der Waals surface area contributed by atoms with Crippen LogP contribution in [-0.2, 0) is 16.0 Å². The lowest BCUT2D eigenvalue weighted by atomic mass is 10.1. The van der Waals surface area contributed by atoms with E-state index in [0.29, 0.717) is 12.4 Å². The van der Waals surface area contributed by atoms with Crippen LogP contribution < -0.4 is 0 Å². The quantitative estimate of drug-likeness (QED) is 0.603. The number of carbonyl (C=O) groups excluding carboxylic acids is 1. The van der Waals surface area contributed by atoms with Crippen LogP contribution in [0.25, 0.3) is 0 Å². The predicted molar refractivity (Wildman–Crippen MR) is 80.8 cm³/mol. The number of carbonyl (C=O) groups is 1. The van der Waals surface area contributed by atoms with E-state index in [2.05, 4.69) is 23.2 Å². The number of thioether (sulfide) groups is 1. The molecule has 0 radical (unpaired) electrons. The number of nitrogens with zero attached hydrogens (tertiary/aromatic N) is 1. The van der Waals surface area contributed by atoms with E-state index >= 15 is 0 Å². The van der Waals surface area contributed by atoms with Gasteiger partial charge in [0.25, 0.3) is 0 Å². The van der Waals surface area contributed by atoms with Gasteiger partial charge in [-0.2, -0.15) is 0 Å². The zero-order chi connectivity index (χ0) is 14.2. The van der Waals surface area contributed by atoms with Crippen LogP contribution >= 0.6 is 11.8 Å². The highest BCUT2D eigenvalue weighted by atomic mass is 32.2. The molecule has 0 aliphatic heterocycles. The maximum absolute atomic E-state index is 11.3. The zero-order valence-electron chi connectivity index (χ0n) is 11.4. The van der Waals surface area contributed by atoms with E-state index in [-0.39, 0.29) is 5.97 Å². The van der Waals surface area contributed by atoms with E-state index in [9.17, 15) is 4.79 Å². The second kappa shape index (κ2) is 7.70. The molecule has 1 heterocycles. The minimum atomic E-state index is -0.170. The number of esters is 1. The fraction of sp³-hybridized carbons (Fsp3) is 0.250. The number of benzene rings is 1. The average molecular weight is 287 g/mol. The molecule has 0 saturated heterocycles. The average Bonchev–Trinajstić information content (AvgIpc) is 2.48. The van der Waals surface area contributed by atoms with Crippen molar-refractivity contribution < 1.29 is 9.53 Å². The van der Waals surface area contributed by atoms with Gasteiger partial charge in [0.2, 0.25) is 0 Å². The summed E-state index contributed by atoms with van der Waals surface area (Å²) in [6.07, 6.45) is 4.53. The fourth-order valence-electron chi connectivity index (χ4n) is 1.79. The maximum atomic E-state index is 11.3. The Bertz CT molecular complexity index is 540. The summed E-state index contributed by atoms with van der Waals surface area (Å²) in [4.78, 5) is 16.5. The van der Waals surface area contributed by atoms with Crippen molar-refractivity contribution in [1.82, 2.24) is 4.98 Å². The zero-order valence-corrected chi connectivity index (χ0v) is 12.2. The second-order valence-electron chi connectivity index (χ2n) is 4.28. The van der Waals surface area contributed by atoms with Gasteiger partial charge in [0.1, 0.15) is 0 Å². The highest BCUT2D eigenvalue weighted by Crippen LogP contribution is 2.19. The highest BCUT2D eigenvalue weighted by molar-refractivity contribution is 8.00. The Labute approximate surface area is 123 Å². The van der Waals surface area contributed by atoms with Crippen LogP contribution in [0.2, 0.25) is 0 Å². The molecule has 3 nitrogen and oxygen atoms in total. The monoisotopic (exact) mass is 287 g/mol. The summed E-state index contributed by atoms with van der Waals surface area (Å²) < 4.78 is 4.90. The fourth-order valence-corrected chi connectivity index (χ4v) is 2.48. The molecule has 20 heavy (non-hydrogen) atoms. The largest absolute Gasteiger partial charge is 0.465 e. The lowest BCUT2D eigenvalue weighted by molar-refractivity contribution is -0.139. The number of pyridine rings is 1. The Morgan fingerprint density at radius 3 is 2.65 bits per heavy atom. The molecule has 0 aliphatic carbocycles. The first-order chi connectivity index (χ1) is 9.78. The highest BCUT2D eigenvalue weighted by Gasteiger charge is 2.03. The Kier molecular flexibility index (Phi) is 5.62. The summed E-state index contributed by atoms with van der Waals surface area (Å²) in [6.45, 7) is 2.25. The van der Waals surface area contributed by atoms with E-state index in [0.717, 1.165) is 11.3 Å². The van der Waals surface area contributed by atoms with Crippen molar-refractivity contribution in [2.45, 2.75) is 18.2 Å². The molecule has 0 unspecified atom stereocenters. The van der Waals surface area contributed by atoms with Crippen molar-refractivity contribution in [2.75, 3.05) is 12.4 Å². The van der Waals surface area contributed by atoms with Gasteiger partial charge >= 0.3 is 5.97 Å². The van der Waals surface area contributed by atoms with Crippen molar-refractivity contribution in [3.05, 3.63) is 59.9 Å². The molecule has 0 spiro atoms. The van der Waals surface area contributed by atoms with E-state index in [1.807, 2.05) is 31.3 Å². The third-order valence-corrected chi connectivity index (χ3v) is 3.70. The number of hydrogen-bond donors (Lipinski definition) is 0. The van der Waals surface area contributed by atoms with E-state index in [4.69, 9.17) is 4.74 Å². The van der Waals surface area contributed by atoms with Gasteiger partial charge in [-0.3, -0.25) is 9.78 Å². The third-order valence-electron chi connectivity index (χ3n) is 2.72. The lowest BCUT2D eigenvalue weighted by Gasteiger charge is -2.04. The van der Waals surface area contributed by atoms with E-state index < -0.39 is 0 Å². The molecule has 2 rings (SSSR count). The number of hydrogen-bond acceptors (Lipinski definition) is 4. The summed E-state index contributed by atoms with van der Waals surface area (Å²) in [5, 5.41) is 0. The summed E-state index contributed by atoms with van der Waals surface area (Å²) in [7, 11) is 0. The van der Waals surface area contributed by atoms with Crippen LogP contribution in [0.1, 0.15) is 18.1 Å². The molecule has 0 atom stereocenters. The number of aromatic nitrogens is 1. The van der Waals surface area contributed by atoms with Crippen molar-refractivity contribution in [3.63, 3.8) is 0 Å². The van der Waals surface area contributed by atoms with Crippen molar-refractivity contribution in [1.29, 1.82) is 0 Å². The van der Waals surface area contributed by atoms with E-state index in [1.54, 1.807) is 6.20 Å². The minimum absolute atomic E-state index is 0.170. The molecule has 0 amide bonds. The van der Waals surface area contributed by atoms with Gasteiger partial charge in [-0.05, 0) is 42.7 Å². The number of ether oxygens (including phenoxy) is 1. The van der Waals surface area contributed by atoms with Crippen LogP contribution in [-0.4, -0.2) is 23.3 Å². The standard InChI is InChI=1S/C16H17NO2S/c1-2-19-16(18)12-20-15-7-5-13(6-8-15)10-14-4-3-9-17-11-14/h3-9,11H,2,10,12H2,1H3. The molecule has 0 bridgehead atoms. The Hall–Kier alpha value is -1.81. The van der Waals surface area contributed by atoms with Crippen LogP contribution in [0.5, 0.6) is 0 Å². The first-order valence-corrected chi connectivity index (χ1v) is 7.52. The topological polar surface area (TPSA) is 39.2 Å². The Balaban J connectivity index is 1.88. The molecular weight excluding hydrogens is 270 g/mol. The minimum Gasteiger partial charge on any atom is -0.465 e. The predicted octanol–water partition coefficient (Wildman–Crippen LogP) is 3.33. The first kappa shape index (κ1) is 14.6. The second-order valence-corrected chi connectivity index (χ2v) is 5.32. The molecular formula is C16H17NO2S. The van der Waals surface area contributed by atoms with E-state index in [1.165, 1.54) is 22.9 Å². The third kappa shape index (κ3) is 4.70. The van der Waals surface area contributed by atoms with Crippen LogP contribution in [0.4, 0.5) is 0 Å². The summed E-state index contributed by atoms with van der Waals surface area (Å²) in [5.41, 5.74) is 2.43.